The maximum atomic E-state index is 12.3. The van der Waals surface area contributed by atoms with E-state index in [1.54, 1.807) is 6.92 Å². The summed E-state index contributed by atoms with van der Waals surface area (Å²) in [6.45, 7) is 3.72. The third kappa shape index (κ3) is 3.81. The number of ether oxygens (including phenoxy) is 1. The Morgan fingerprint density at radius 3 is 2.38 bits per heavy atom. The van der Waals surface area contributed by atoms with E-state index in [0.29, 0.717) is 10.9 Å². The maximum Gasteiger partial charge on any atom is 0.266 e. The molecule has 2 aromatic carbocycles. The van der Waals surface area contributed by atoms with Crippen molar-refractivity contribution >= 4 is 22.4 Å². The van der Waals surface area contributed by atoms with E-state index < -0.39 is 6.10 Å². The molecule has 0 spiro atoms. The van der Waals surface area contributed by atoms with E-state index >= 15 is 0 Å². The quantitative estimate of drug-likeness (QED) is 0.744. The summed E-state index contributed by atoms with van der Waals surface area (Å²) in [6, 6.07) is 19.2. The number of nitrogens with zero attached hydrogens (tertiary/aromatic N) is 1. The smallest absolute Gasteiger partial charge is 0.266 e. The van der Waals surface area contributed by atoms with Gasteiger partial charge in [0.1, 0.15) is 5.75 Å². The molecule has 0 fully saturated rings. The molecule has 1 atom stereocenters. The van der Waals surface area contributed by atoms with Gasteiger partial charge < -0.3 is 4.74 Å². The van der Waals surface area contributed by atoms with Crippen LogP contribution in [-0.2, 0) is 4.79 Å². The molecular formula is C19H18N2O2S. The molecule has 1 heterocycles. The fourth-order valence-electron chi connectivity index (χ4n) is 2.28. The molecule has 0 aliphatic heterocycles. The third-order valence-corrected chi connectivity index (χ3v) is 4.39. The first kappa shape index (κ1) is 16.2. The standard InChI is InChI=1S/C19H18N2O2S/c1-13(23-16-11-7-4-8-12-16)18(22)21-19-20-17(14(2)24-19)15-9-5-3-6-10-15/h3-13H,1-2H3,(H,20,21,22)/t13-/m0/s1. The minimum atomic E-state index is -0.600. The van der Waals surface area contributed by atoms with Crippen LogP contribution in [0.25, 0.3) is 11.3 Å². The number of benzene rings is 2. The van der Waals surface area contributed by atoms with Gasteiger partial charge in [0.25, 0.3) is 5.91 Å². The van der Waals surface area contributed by atoms with Crippen LogP contribution in [0.4, 0.5) is 5.13 Å². The largest absolute Gasteiger partial charge is 0.481 e. The zero-order valence-corrected chi connectivity index (χ0v) is 14.3. The number of carbonyl (C=O) groups excluding carboxylic acids is 1. The molecule has 0 saturated carbocycles. The van der Waals surface area contributed by atoms with Gasteiger partial charge in [0.15, 0.2) is 11.2 Å². The molecule has 122 valence electrons. The summed E-state index contributed by atoms with van der Waals surface area (Å²) in [4.78, 5) is 17.9. The van der Waals surface area contributed by atoms with E-state index in [9.17, 15) is 4.79 Å². The van der Waals surface area contributed by atoms with Crippen molar-refractivity contribution in [2.45, 2.75) is 20.0 Å². The molecule has 1 N–H and O–H groups in total. The van der Waals surface area contributed by atoms with Crippen LogP contribution in [-0.4, -0.2) is 17.0 Å². The molecule has 1 aromatic heterocycles. The second-order valence-electron chi connectivity index (χ2n) is 5.35. The molecule has 0 bridgehead atoms. The van der Waals surface area contributed by atoms with Crippen LogP contribution in [0.1, 0.15) is 11.8 Å². The molecule has 5 heteroatoms. The molecule has 4 nitrogen and oxygen atoms in total. The summed E-state index contributed by atoms with van der Waals surface area (Å²) in [5, 5.41) is 3.42. The van der Waals surface area contributed by atoms with Crippen LogP contribution < -0.4 is 10.1 Å². The van der Waals surface area contributed by atoms with Crippen LogP contribution in [0.5, 0.6) is 5.75 Å². The first-order valence-corrected chi connectivity index (χ1v) is 8.50. The van der Waals surface area contributed by atoms with Crippen molar-refractivity contribution in [3.8, 4) is 17.0 Å². The second-order valence-corrected chi connectivity index (χ2v) is 6.56. The lowest BCUT2D eigenvalue weighted by molar-refractivity contribution is -0.122. The lowest BCUT2D eigenvalue weighted by atomic mass is 10.1. The van der Waals surface area contributed by atoms with Crippen LogP contribution in [0.2, 0.25) is 0 Å². The predicted octanol–water partition coefficient (Wildman–Crippen LogP) is 4.52. The number of nitrogens with one attached hydrogen (secondary N) is 1. The number of amides is 1. The van der Waals surface area contributed by atoms with Crippen LogP contribution in [0.15, 0.2) is 60.7 Å². The van der Waals surface area contributed by atoms with Crippen LogP contribution in [0, 0.1) is 6.92 Å². The van der Waals surface area contributed by atoms with E-state index in [4.69, 9.17) is 4.74 Å². The summed E-state index contributed by atoms with van der Waals surface area (Å²) in [5.41, 5.74) is 1.94. The van der Waals surface area contributed by atoms with Gasteiger partial charge in [0.05, 0.1) is 5.69 Å². The summed E-state index contributed by atoms with van der Waals surface area (Å²) < 4.78 is 5.63. The van der Waals surface area contributed by atoms with Crippen molar-refractivity contribution in [3.63, 3.8) is 0 Å². The molecule has 0 aliphatic carbocycles. The number of rotatable bonds is 5. The summed E-state index contributed by atoms with van der Waals surface area (Å²) in [7, 11) is 0. The van der Waals surface area contributed by atoms with Crippen LogP contribution in [0.3, 0.4) is 0 Å². The second kappa shape index (κ2) is 7.27. The molecule has 0 aliphatic rings. The van der Waals surface area contributed by atoms with E-state index in [0.717, 1.165) is 16.1 Å². The first-order valence-electron chi connectivity index (χ1n) is 7.69. The number of hydrogen-bond acceptors (Lipinski definition) is 4. The number of anilines is 1. The van der Waals surface area contributed by atoms with E-state index in [2.05, 4.69) is 10.3 Å². The molecular weight excluding hydrogens is 320 g/mol. The Bertz CT molecular complexity index is 816. The molecule has 0 unspecified atom stereocenters. The molecule has 3 rings (SSSR count). The van der Waals surface area contributed by atoms with Gasteiger partial charge >= 0.3 is 0 Å². The predicted molar refractivity (Wildman–Crippen MR) is 97.4 cm³/mol. The van der Waals surface area contributed by atoms with Gasteiger partial charge in [0.2, 0.25) is 0 Å². The fraction of sp³-hybridized carbons (Fsp3) is 0.158. The van der Waals surface area contributed by atoms with Crippen molar-refractivity contribution in [2.24, 2.45) is 0 Å². The Hall–Kier alpha value is -2.66. The van der Waals surface area contributed by atoms with Gasteiger partial charge in [-0.1, -0.05) is 48.5 Å². The highest BCUT2D eigenvalue weighted by Crippen LogP contribution is 2.30. The molecule has 3 aromatic rings. The number of para-hydroxylation sites is 1. The topological polar surface area (TPSA) is 51.2 Å². The van der Waals surface area contributed by atoms with Crippen molar-refractivity contribution in [1.29, 1.82) is 0 Å². The highest BCUT2D eigenvalue weighted by atomic mass is 32.1. The summed E-state index contributed by atoms with van der Waals surface area (Å²) >= 11 is 1.46. The fourth-order valence-corrected chi connectivity index (χ4v) is 3.12. The SMILES string of the molecule is Cc1sc(NC(=O)[C@H](C)Oc2ccccc2)nc1-c1ccccc1. The van der Waals surface area contributed by atoms with Gasteiger partial charge in [0, 0.05) is 10.4 Å². The Labute approximate surface area is 145 Å². The van der Waals surface area contributed by atoms with Gasteiger partial charge in [-0.2, -0.15) is 0 Å². The molecule has 0 saturated heterocycles. The minimum Gasteiger partial charge on any atom is -0.481 e. The normalized spacial score (nSPS) is 11.8. The number of aromatic nitrogens is 1. The summed E-state index contributed by atoms with van der Waals surface area (Å²) in [5.74, 6) is 0.452. The minimum absolute atomic E-state index is 0.216. The molecule has 1 amide bonds. The van der Waals surface area contributed by atoms with Crippen LogP contribution >= 0.6 is 11.3 Å². The third-order valence-electron chi connectivity index (χ3n) is 3.50. The molecule has 0 radical (unpaired) electrons. The van der Waals surface area contributed by atoms with Crippen molar-refractivity contribution in [3.05, 3.63) is 65.5 Å². The van der Waals surface area contributed by atoms with Gasteiger partial charge in [-0.3, -0.25) is 10.1 Å². The monoisotopic (exact) mass is 338 g/mol. The zero-order valence-electron chi connectivity index (χ0n) is 13.5. The highest BCUT2D eigenvalue weighted by molar-refractivity contribution is 7.16. The van der Waals surface area contributed by atoms with Crippen molar-refractivity contribution < 1.29 is 9.53 Å². The average Bonchev–Trinajstić information content (AvgIpc) is 2.97. The Morgan fingerprint density at radius 2 is 1.71 bits per heavy atom. The maximum absolute atomic E-state index is 12.3. The number of aryl methyl sites for hydroxylation is 1. The van der Waals surface area contributed by atoms with Gasteiger partial charge in [-0.25, -0.2) is 4.98 Å². The van der Waals surface area contributed by atoms with Crippen molar-refractivity contribution in [2.75, 3.05) is 5.32 Å². The summed E-state index contributed by atoms with van der Waals surface area (Å²) in [6.07, 6.45) is -0.600. The zero-order chi connectivity index (χ0) is 16.9. The Morgan fingerprint density at radius 1 is 1.08 bits per heavy atom. The number of carbonyl (C=O) groups is 1. The Balaban J connectivity index is 1.69. The van der Waals surface area contributed by atoms with Gasteiger partial charge in [-0.05, 0) is 26.0 Å². The first-order chi connectivity index (χ1) is 11.6. The van der Waals surface area contributed by atoms with Gasteiger partial charge in [-0.15, -0.1) is 11.3 Å². The highest BCUT2D eigenvalue weighted by Gasteiger charge is 2.17. The Kier molecular flexibility index (Phi) is 4.91. The number of hydrogen-bond donors (Lipinski definition) is 1. The van der Waals surface area contributed by atoms with E-state index in [-0.39, 0.29) is 5.91 Å². The van der Waals surface area contributed by atoms with Crippen molar-refractivity contribution in [1.82, 2.24) is 4.98 Å². The average molecular weight is 338 g/mol. The van der Waals surface area contributed by atoms with E-state index in [1.165, 1.54) is 11.3 Å². The molecule has 24 heavy (non-hydrogen) atoms. The lowest BCUT2D eigenvalue weighted by Gasteiger charge is -2.13. The van der Waals surface area contributed by atoms with E-state index in [1.807, 2.05) is 67.6 Å². The lowest BCUT2D eigenvalue weighted by Crippen LogP contribution is -2.30. The number of thiazole rings is 1.